The molecule has 94 valence electrons. The first-order valence-electron chi connectivity index (χ1n) is 5.51. The van der Waals surface area contributed by atoms with Gasteiger partial charge in [-0.05, 0) is 6.07 Å². The molecule has 0 radical (unpaired) electrons. The second-order valence-electron chi connectivity index (χ2n) is 3.92. The number of nitrogens with two attached hydrogens (primary N) is 1. The molecule has 0 amide bonds. The summed E-state index contributed by atoms with van der Waals surface area (Å²) >= 11 is 0. The van der Waals surface area contributed by atoms with E-state index in [1.807, 2.05) is 30.3 Å². The molecule has 2 aromatic heterocycles. The van der Waals surface area contributed by atoms with E-state index in [9.17, 15) is 10.1 Å². The largest absolute Gasteiger partial charge is 0.376 e. The standard InChI is InChI=1S/C12H9N5O2/c13-11-10(17(18)19)12-14-7-6-9(16(12)15-11)8-4-2-1-3-5-8/h1-7H,(H2,13,15). The molecule has 0 fully saturated rings. The lowest BCUT2D eigenvalue weighted by Gasteiger charge is -2.02. The van der Waals surface area contributed by atoms with Gasteiger partial charge in [-0.25, -0.2) is 9.50 Å². The van der Waals surface area contributed by atoms with Gasteiger partial charge >= 0.3 is 5.69 Å². The van der Waals surface area contributed by atoms with Gasteiger partial charge in [0.1, 0.15) is 0 Å². The normalized spacial score (nSPS) is 10.7. The van der Waals surface area contributed by atoms with Gasteiger partial charge in [-0.1, -0.05) is 30.3 Å². The number of rotatable bonds is 2. The maximum atomic E-state index is 11.0. The molecule has 0 saturated carbocycles. The number of nitrogen functional groups attached to an aromatic ring is 1. The Morgan fingerprint density at radius 2 is 1.95 bits per heavy atom. The maximum Gasteiger partial charge on any atom is 0.357 e. The second kappa shape index (κ2) is 4.05. The second-order valence-corrected chi connectivity index (χ2v) is 3.92. The van der Waals surface area contributed by atoms with Gasteiger partial charge in [-0.2, -0.15) is 0 Å². The fourth-order valence-corrected chi connectivity index (χ4v) is 1.95. The Morgan fingerprint density at radius 3 is 2.63 bits per heavy atom. The Hall–Kier alpha value is -2.96. The first-order chi connectivity index (χ1) is 9.18. The minimum atomic E-state index is -0.570. The molecular weight excluding hydrogens is 246 g/mol. The highest BCUT2D eigenvalue weighted by Gasteiger charge is 2.23. The molecule has 0 aliphatic rings. The fourth-order valence-electron chi connectivity index (χ4n) is 1.95. The highest BCUT2D eigenvalue weighted by molar-refractivity contribution is 5.74. The van der Waals surface area contributed by atoms with Crippen LogP contribution in [0.3, 0.4) is 0 Å². The van der Waals surface area contributed by atoms with Crippen LogP contribution in [-0.2, 0) is 0 Å². The third kappa shape index (κ3) is 1.68. The van der Waals surface area contributed by atoms with Crippen LogP contribution in [0.4, 0.5) is 11.5 Å². The molecule has 0 saturated heterocycles. The lowest BCUT2D eigenvalue weighted by Crippen LogP contribution is -1.96. The predicted molar refractivity (Wildman–Crippen MR) is 69.5 cm³/mol. The number of anilines is 1. The molecule has 0 bridgehead atoms. The van der Waals surface area contributed by atoms with E-state index in [2.05, 4.69) is 10.1 Å². The monoisotopic (exact) mass is 255 g/mol. The van der Waals surface area contributed by atoms with E-state index >= 15 is 0 Å². The Balaban J connectivity index is 2.34. The molecular formula is C12H9N5O2. The number of fused-ring (bicyclic) bond motifs is 1. The van der Waals surface area contributed by atoms with Crippen LogP contribution < -0.4 is 5.73 Å². The maximum absolute atomic E-state index is 11.0. The van der Waals surface area contributed by atoms with Gasteiger partial charge < -0.3 is 5.73 Å². The Labute approximate surface area is 107 Å². The van der Waals surface area contributed by atoms with Crippen LogP contribution in [0.25, 0.3) is 16.9 Å². The molecule has 3 aromatic rings. The average molecular weight is 255 g/mol. The summed E-state index contributed by atoms with van der Waals surface area (Å²) in [7, 11) is 0. The topological polar surface area (TPSA) is 99.3 Å². The third-order valence-electron chi connectivity index (χ3n) is 2.77. The number of hydrogen-bond donors (Lipinski definition) is 1. The van der Waals surface area contributed by atoms with E-state index in [1.165, 1.54) is 10.7 Å². The van der Waals surface area contributed by atoms with Crippen LogP contribution in [0.5, 0.6) is 0 Å². The molecule has 0 aliphatic carbocycles. The van der Waals surface area contributed by atoms with Crippen molar-refractivity contribution in [3.8, 4) is 11.3 Å². The van der Waals surface area contributed by atoms with Crippen molar-refractivity contribution < 1.29 is 4.92 Å². The van der Waals surface area contributed by atoms with Crippen molar-refractivity contribution in [1.82, 2.24) is 14.6 Å². The van der Waals surface area contributed by atoms with Crippen molar-refractivity contribution in [2.45, 2.75) is 0 Å². The van der Waals surface area contributed by atoms with Gasteiger partial charge in [-0.15, -0.1) is 5.10 Å². The van der Waals surface area contributed by atoms with Crippen molar-refractivity contribution in [3.05, 3.63) is 52.7 Å². The number of nitrogens with zero attached hydrogens (tertiary/aromatic N) is 4. The van der Waals surface area contributed by atoms with Crippen LogP contribution in [0.15, 0.2) is 42.6 Å². The average Bonchev–Trinajstić information content (AvgIpc) is 2.75. The molecule has 2 heterocycles. The zero-order chi connectivity index (χ0) is 13.4. The first-order valence-corrected chi connectivity index (χ1v) is 5.51. The van der Waals surface area contributed by atoms with Crippen LogP contribution in [0.2, 0.25) is 0 Å². The first kappa shape index (κ1) is 11.1. The summed E-state index contributed by atoms with van der Waals surface area (Å²) < 4.78 is 1.39. The third-order valence-corrected chi connectivity index (χ3v) is 2.77. The van der Waals surface area contributed by atoms with Crippen molar-refractivity contribution in [2.24, 2.45) is 0 Å². The molecule has 0 atom stereocenters. The molecule has 0 unspecified atom stereocenters. The summed E-state index contributed by atoms with van der Waals surface area (Å²) in [4.78, 5) is 14.4. The number of aromatic nitrogens is 3. The highest BCUT2D eigenvalue weighted by atomic mass is 16.6. The zero-order valence-corrected chi connectivity index (χ0v) is 9.72. The lowest BCUT2D eigenvalue weighted by atomic mass is 10.1. The summed E-state index contributed by atoms with van der Waals surface area (Å²) in [5.41, 5.74) is 7.05. The van der Waals surface area contributed by atoms with Gasteiger partial charge in [0.15, 0.2) is 0 Å². The summed E-state index contributed by atoms with van der Waals surface area (Å²) in [6.45, 7) is 0. The number of nitro groups is 1. The Bertz CT molecular complexity index is 766. The van der Waals surface area contributed by atoms with E-state index in [-0.39, 0.29) is 17.2 Å². The van der Waals surface area contributed by atoms with Crippen LogP contribution in [0, 0.1) is 10.1 Å². The summed E-state index contributed by atoms with van der Waals surface area (Å²) in [6.07, 6.45) is 1.51. The van der Waals surface area contributed by atoms with E-state index in [0.29, 0.717) is 5.69 Å². The van der Waals surface area contributed by atoms with Crippen molar-refractivity contribution >= 4 is 17.2 Å². The zero-order valence-electron chi connectivity index (χ0n) is 9.72. The van der Waals surface area contributed by atoms with Crippen molar-refractivity contribution in [3.63, 3.8) is 0 Å². The quantitative estimate of drug-likeness (QED) is 0.556. The summed E-state index contributed by atoms with van der Waals surface area (Å²) in [6, 6.07) is 11.2. The molecule has 7 heteroatoms. The Morgan fingerprint density at radius 1 is 1.21 bits per heavy atom. The van der Waals surface area contributed by atoms with E-state index < -0.39 is 4.92 Å². The number of benzene rings is 1. The lowest BCUT2D eigenvalue weighted by molar-refractivity contribution is -0.382. The SMILES string of the molecule is Nc1nn2c(-c3ccccc3)ccnc2c1[N+](=O)[O-]. The summed E-state index contributed by atoms with van der Waals surface area (Å²) in [5, 5.41) is 15.0. The fraction of sp³-hybridized carbons (Fsp3) is 0. The van der Waals surface area contributed by atoms with Crippen LogP contribution in [-0.4, -0.2) is 19.5 Å². The van der Waals surface area contributed by atoms with Crippen molar-refractivity contribution in [1.29, 1.82) is 0 Å². The Kier molecular flexibility index (Phi) is 2.38. The molecule has 19 heavy (non-hydrogen) atoms. The van der Waals surface area contributed by atoms with E-state index in [4.69, 9.17) is 5.73 Å². The molecule has 1 aromatic carbocycles. The van der Waals surface area contributed by atoms with Gasteiger partial charge in [0.25, 0.3) is 0 Å². The van der Waals surface area contributed by atoms with Crippen molar-refractivity contribution in [2.75, 3.05) is 5.73 Å². The summed E-state index contributed by atoms with van der Waals surface area (Å²) in [5.74, 6) is -0.138. The van der Waals surface area contributed by atoms with Gasteiger partial charge in [0.2, 0.25) is 11.5 Å². The van der Waals surface area contributed by atoms with Gasteiger partial charge in [0, 0.05) is 11.8 Å². The number of hydrogen-bond acceptors (Lipinski definition) is 5. The van der Waals surface area contributed by atoms with Crippen LogP contribution >= 0.6 is 0 Å². The highest BCUT2D eigenvalue weighted by Crippen LogP contribution is 2.28. The van der Waals surface area contributed by atoms with E-state index in [1.54, 1.807) is 6.07 Å². The molecule has 2 N–H and O–H groups in total. The molecule has 7 nitrogen and oxygen atoms in total. The molecule has 0 aliphatic heterocycles. The molecule has 3 rings (SSSR count). The predicted octanol–water partition coefficient (Wildman–Crippen LogP) is 1.89. The molecule has 0 spiro atoms. The minimum Gasteiger partial charge on any atom is -0.376 e. The van der Waals surface area contributed by atoms with Crippen LogP contribution in [0.1, 0.15) is 0 Å². The van der Waals surface area contributed by atoms with Gasteiger partial charge in [0.05, 0.1) is 10.6 Å². The van der Waals surface area contributed by atoms with E-state index in [0.717, 1.165) is 5.56 Å². The van der Waals surface area contributed by atoms with Gasteiger partial charge in [-0.3, -0.25) is 10.1 Å². The smallest absolute Gasteiger partial charge is 0.357 e. The minimum absolute atomic E-state index is 0.138.